The minimum absolute atomic E-state index is 0.0429. The van der Waals surface area contributed by atoms with Crippen LogP contribution in [0, 0.1) is 5.92 Å². The minimum atomic E-state index is -4.80. The highest BCUT2D eigenvalue weighted by atomic mass is 35.5. The van der Waals surface area contributed by atoms with E-state index in [1.165, 1.54) is 6.92 Å². The number of hydrogen-bond donors (Lipinski definition) is 0. The van der Waals surface area contributed by atoms with Gasteiger partial charge in [-0.05, 0) is 12.8 Å². The summed E-state index contributed by atoms with van der Waals surface area (Å²) in [6.45, 7) is 1.29. The zero-order chi connectivity index (χ0) is 14.6. The Hall–Kier alpha value is -1.24. The molecule has 108 valence electrons. The van der Waals surface area contributed by atoms with Gasteiger partial charge in [-0.1, -0.05) is 0 Å². The van der Waals surface area contributed by atoms with Crippen molar-refractivity contribution in [2.75, 3.05) is 19.0 Å². The number of amides is 1. The first kappa shape index (κ1) is 15.8. The Balaban J connectivity index is 2.99. The van der Waals surface area contributed by atoms with Crippen molar-refractivity contribution in [1.29, 1.82) is 0 Å². The van der Waals surface area contributed by atoms with E-state index in [4.69, 9.17) is 11.6 Å². The molecule has 0 saturated carbocycles. The van der Waals surface area contributed by atoms with Gasteiger partial charge in [0.2, 0.25) is 5.91 Å². The number of alkyl halides is 4. The van der Waals surface area contributed by atoms with E-state index in [0.29, 0.717) is 11.0 Å². The zero-order valence-electron chi connectivity index (χ0n) is 10.2. The summed E-state index contributed by atoms with van der Waals surface area (Å²) in [5, 5.41) is 0. The summed E-state index contributed by atoms with van der Waals surface area (Å²) >= 11 is 5.54. The van der Waals surface area contributed by atoms with Crippen LogP contribution >= 0.6 is 11.6 Å². The minimum Gasteiger partial charge on any atom is -0.463 e. The van der Waals surface area contributed by atoms with Gasteiger partial charge >= 0.3 is 12.1 Å². The van der Waals surface area contributed by atoms with Crippen molar-refractivity contribution < 1.29 is 27.5 Å². The molecule has 1 rings (SSSR count). The lowest BCUT2D eigenvalue weighted by Crippen LogP contribution is -2.34. The molecular weight excluding hydrogens is 287 g/mol. The zero-order valence-corrected chi connectivity index (χ0v) is 10.9. The SMILES string of the molecule is CCOC(=O)C=C(N1CC(CCl)CC1=O)C(F)(F)F. The van der Waals surface area contributed by atoms with Gasteiger partial charge < -0.3 is 9.64 Å². The van der Waals surface area contributed by atoms with Gasteiger partial charge in [0.15, 0.2) is 0 Å². The third kappa shape index (κ3) is 4.12. The van der Waals surface area contributed by atoms with E-state index >= 15 is 0 Å². The third-order valence-corrected chi connectivity index (χ3v) is 2.98. The highest BCUT2D eigenvalue weighted by Gasteiger charge is 2.44. The van der Waals surface area contributed by atoms with Crippen molar-refractivity contribution in [2.45, 2.75) is 19.5 Å². The van der Waals surface area contributed by atoms with Crippen LogP contribution < -0.4 is 0 Å². The first-order valence-electron chi connectivity index (χ1n) is 5.61. The smallest absolute Gasteiger partial charge is 0.431 e. The quantitative estimate of drug-likeness (QED) is 0.454. The maximum atomic E-state index is 12.9. The molecule has 0 aromatic carbocycles. The predicted octanol–water partition coefficient (Wildman–Crippen LogP) is 2.08. The van der Waals surface area contributed by atoms with Gasteiger partial charge in [-0.3, -0.25) is 4.79 Å². The van der Waals surface area contributed by atoms with E-state index in [1.54, 1.807) is 0 Å². The third-order valence-electron chi connectivity index (χ3n) is 2.55. The lowest BCUT2D eigenvalue weighted by atomic mass is 10.1. The second kappa shape index (κ2) is 6.27. The first-order valence-corrected chi connectivity index (χ1v) is 6.15. The summed E-state index contributed by atoms with van der Waals surface area (Å²) in [5.74, 6) is -2.08. The summed E-state index contributed by atoms with van der Waals surface area (Å²) in [5.41, 5.74) is -1.30. The van der Waals surface area contributed by atoms with Gasteiger partial charge in [-0.2, -0.15) is 13.2 Å². The number of esters is 1. The Morgan fingerprint density at radius 1 is 1.58 bits per heavy atom. The maximum Gasteiger partial charge on any atom is 0.431 e. The number of carbonyl (C=O) groups is 2. The highest BCUT2D eigenvalue weighted by Crippen LogP contribution is 2.33. The molecular formula is C11H13ClF3NO3. The first-order chi connectivity index (χ1) is 8.79. The number of nitrogens with zero attached hydrogens (tertiary/aromatic N) is 1. The van der Waals surface area contributed by atoms with Crippen molar-refractivity contribution in [1.82, 2.24) is 4.90 Å². The van der Waals surface area contributed by atoms with E-state index in [1.807, 2.05) is 0 Å². The molecule has 1 saturated heterocycles. The van der Waals surface area contributed by atoms with Crippen LogP contribution in [0.4, 0.5) is 13.2 Å². The number of hydrogen-bond acceptors (Lipinski definition) is 3. The van der Waals surface area contributed by atoms with Crippen molar-refractivity contribution in [3.05, 3.63) is 11.8 Å². The normalized spacial score (nSPS) is 20.9. The monoisotopic (exact) mass is 299 g/mol. The number of allylic oxidation sites excluding steroid dienone is 1. The highest BCUT2D eigenvalue weighted by molar-refractivity contribution is 6.18. The van der Waals surface area contributed by atoms with Crippen LogP contribution in [-0.4, -0.2) is 42.0 Å². The van der Waals surface area contributed by atoms with Crippen LogP contribution in [0.1, 0.15) is 13.3 Å². The average molecular weight is 300 g/mol. The van der Waals surface area contributed by atoms with Gasteiger partial charge in [-0.15, -0.1) is 11.6 Å². The van der Waals surface area contributed by atoms with Crippen LogP contribution in [0.5, 0.6) is 0 Å². The molecule has 1 heterocycles. The topological polar surface area (TPSA) is 46.6 Å². The second-order valence-corrected chi connectivity index (χ2v) is 4.32. The fourth-order valence-electron chi connectivity index (χ4n) is 1.73. The summed E-state index contributed by atoms with van der Waals surface area (Å²) in [6, 6.07) is 0. The molecule has 1 fully saturated rings. The fraction of sp³-hybridized carbons (Fsp3) is 0.636. The molecule has 0 aromatic rings. The molecule has 1 amide bonds. The van der Waals surface area contributed by atoms with Crippen LogP contribution in [-0.2, 0) is 14.3 Å². The summed E-state index contributed by atoms with van der Waals surface area (Å²) in [7, 11) is 0. The van der Waals surface area contributed by atoms with E-state index in [-0.39, 0.29) is 31.4 Å². The van der Waals surface area contributed by atoms with Crippen molar-refractivity contribution in [2.24, 2.45) is 5.92 Å². The van der Waals surface area contributed by atoms with Gasteiger partial charge in [0.1, 0.15) is 5.70 Å². The largest absolute Gasteiger partial charge is 0.463 e. The van der Waals surface area contributed by atoms with Crippen LogP contribution in [0.25, 0.3) is 0 Å². The molecule has 1 aliphatic rings. The van der Waals surface area contributed by atoms with Crippen molar-refractivity contribution in [3.8, 4) is 0 Å². The Labute approximate surface area is 113 Å². The molecule has 0 N–H and O–H groups in total. The second-order valence-electron chi connectivity index (χ2n) is 4.01. The van der Waals surface area contributed by atoms with Gasteiger partial charge in [0.05, 0.1) is 12.7 Å². The molecule has 0 spiro atoms. The Bertz CT molecular complexity index is 395. The lowest BCUT2D eigenvalue weighted by molar-refractivity contribution is -0.142. The standard InChI is InChI=1S/C11H13ClF3NO3/c1-2-19-10(18)4-8(11(13,14)15)16-6-7(5-12)3-9(16)17/h4,7H,2-3,5-6H2,1H3. The van der Waals surface area contributed by atoms with E-state index in [9.17, 15) is 22.8 Å². The Morgan fingerprint density at radius 2 is 2.21 bits per heavy atom. The molecule has 1 atom stereocenters. The molecule has 0 aliphatic carbocycles. The predicted molar refractivity (Wildman–Crippen MR) is 61.3 cm³/mol. The number of likely N-dealkylation sites (tertiary alicyclic amines) is 1. The Morgan fingerprint density at radius 3 is 2.63 bits per heavy atom. The number of carbonyl (C=O) groups excluding carboxylic acids is 2. The average Bonchev–Trinajstić information content (AvgIpc) is 2.66. The molecule has 4 nitrogen and oxygen atoms in total. The van der Waals surface area contributed by atoms with E-state index < -0.39 is 23.7 Å². The maximum absolute atomic E-state index is 12.9. The van der Waals surface area contributed by atoms with E-state index in [0.717, 1.165) is 0 Å². The van der Waals surface area contributed by atoms with Crippen molar-refractivity contribution >= 4 is 23.5 Å². The molecule has 1 aliphatic heterocycles. The van der Waals surface area contributed by atoms with Crippen LogP contribution in [0.3, 0.4) is 0 Å². The van der Waals surface area contributed by atoms with Gasteiger partial charge in [0.25, 0.3) is 0 Å². The number of halogens is 4. The fourth-order valence-corrected chi connectivity index (χ4v) is 1.93. The van der Waals surface area contributed by atoms with Crippen LogP contribution in [0.15, 0.2) is 11.8 Å². The van der Waals surface area contributed by atoms with Crippen molar-refractivity contribution in [3.63, 3.8) is 0 Å². The van der Waals surface area contributed by atoms with Gasteiger partial charge in [0, 0.05) is 18.8 Å². The van der Waals surface area contributed by atoms with Crippen LogP contribution in [0.2, 0.25) is 0 Å². The Kier molecular flexibility index (Phi) is 5.22. The molecule has 19 heavy (non-hydrogen) atoms. The summed E-state index contributed by atoms with van der Waals surface area (Å²) in [6.07, 6.45) is -4.55. The molecule has 0 aromatic heterocycles. The lowest BCUT2D eigenvalue weighted by Gasteiger charge is -2.22. The molecule has 8 heteroatoms. The summed E-state index contributed by atoms with van der Waals surface area (Å²) in [4.78, 5) is 23.2. The molecule has 1 unspecified atom stereocenters. The summed E-state index contributed by atoms with van der Waals surface area (Å²) < 4.78 is 43.1. The number of rotatable bonds is 4. The van der Waals surface area contributed by atoms with E-state index in [2.05, 4.69) is 4.74 Å². The molecule has 0 radical (unpaired) electrons. The molecule has 0 bridgehead atoms. The number of ether oxygens (including phenoxy) is 1. The van der Waals surface area contributed by atoms with Gasteiger partial charge in [-0.25, -0.2) is 4.79 Å².